The average molecular weight is 313 g/mol. The number of nitrogens with one attached hydrogen (secondary N) is 16. The first kappa shape index (κ1) is 20.3. The molecule has 0 heterocycles. The van der Waals surface area contributed by atoms with Gasteiger partial charge < -0.3 is 0 Å². The van der Waals surface area contributed by atoms with Gasteiger partial charge in [0.2, 0.25) is 0 Å². The second-order valence-corrected chi connectivity index (χ2v) is 3.17. The van der Waals surface area contributed by atoms with E-state index >= 15 is 0 Å². The summed E-state index contributed by atoms with van der Waals surface area (Å²) in [4.78, 5) is 0. The quantitative estimate of drug-likeness (QED) is 0.0641. The SMILES string of the molecule is CCCCNNNNNNNNNNNNNNNNN. The summed E-state index contributed by atoms with van der Waals surface area (Å²) in [6.07, 6.45) is 2.23. The van der Waals surface area contributed by atoms with Crippen molar-refractivity contribution in [2.45, 2.75) is 19.8 Å². The Morgan fingerprint density at radius 3 is 1.33 bits per heavy atom. The van der Waals surface area contributed by atoms with Crippen LogP contribution in [0.1, 0.15) is 19.8 Å². The number of hydrogen-bond acceptors (Lipinski definition) is 17. The van der Waals surface area contributed by atoms with E-state index in [9.17, 15) is 0 Å². The Bertz CT molecular complexity index is 158. The van der Waals surface area contributed by atoms with Crippen molar-refractivity contribution in [2.75, 3.05) is 6.54 Å². The van der Waals surface area contributed by atoms with Crippen LogP contribution in [-0.4, -0.2) is 6.54 Å². The molecule has 0 aromatic rings. The molecule has 21 heavy (non-hydrogen) atoms. The van der Waals surface area contributed by atoms with Gasteiger partial charge in [-0.3, -0.25) is 5.84 Å². The Balaban J connectivity index is 2.90. The lowest BCUT2D eigenvalue weighted by Crippen LogP contribution is -2.68. The Morgan fingerprint density at radius 2 is 0.952 bits per heavy atom. The maximum absolute atomic E-state index is 4.91. The van der Waals surface area contributed by atoms with Crippen LogP contribution in [0.15, 0.2) is 0 Å². The van der Waals surface area contributed by atoms with Crippen molar-refractivity contribution in [3.63, 3.8) is 0 Å². The van der Waals surface area contributed by atoms with E-state index in [1.165, 1.54) is 0 Å². The topological polar surface area (TPSA) is 218 Å². The molecule has 0 aliphatic carbocycles. The monoisotopic (exact) mass is 313 g/mol. The summed E-state index contributed by atoms with van der Waals surface area (Å²) in [5, 5.41) is 0. The summed E-state index contributed by atoms with van der Waals surface area (Å²) in [5.41, 5.74) is 40.4. The third-order valence-corrected chi connectivity index (χ3v) is 1.63. The normalized spacial score (nSPS) is 11.1. The third-order valence-electron chi connectivity index (χ3n) is 1.63. The minimum atomic E-state index is 0.873. The molecule has 0 atom stereocenters. The van der Waals surface area contributed by atoms with Crippen molar-refractivity contribution < 1.29 is 0 Å². The van der Waals surface area contributed by atoms with E-state index in [2.05, 4.69) is 95.4 Å². The second kappa shape index (κ2) is 19.3. The van der Waals surface area contributed by atoms with Gasteiger partial charge in [-0.2, -0.15) is 83.0 Å². The van der Waals surface area contributed by atoms with E-state index in [1.54, 1.807) is 0 Å². The first-order valence-electron chi connectivity index (χ1n) is 6.10. The molecule has 0 aromatic heterocycles. The average Bonchev–Trinajstić information content (AvgIpc) is 2.50. The molecular weight excluding hydrogens is 286 g/mol. The highest BCUT2D eigenvalue weighted by Crippen LogP contribution is 1.79. The van der Waals surface area contributed by atoms with Crippen LogP contribution in [0.2, 0.25) is 0 Å². The maximum Gasteiger partial charge on any atom is 0.0113 e. The van der Waals surface area contributed by atoms with Gasteiger partial charge in [-0.05, 0) is 6.42 Å². The molecule has 0 radical (unpaired) electrons. The summed E-state index contributed by atoms with van der Waals surface area (Å²) in [6.45, 7) is 2.99. The zero-order valence-electron chi connectivity index (χ0n) is 11.7. The van der Waals surface area contributed by atoms with Crippen LogP contribution in [0.5, 0.6) is 0 Å². The van der Waals surface area contributed by atoms with Crippen molar-refractivity contribution in [3.8, 4) is 0 Å². The lowest BCUT2D eigenvalue weighted by atomic mass is 10.3. The van der Waals surface area contributed by atoms with Crippen LogP contribution in [0.4, 0.5) is 0 Å². The minimum Gasteiger partial charge on any atom is -0.257 e. The lowest BCUT2D eigenvalue weighted by Gasteiger charge is -2.14. The summed E-state index contributed by atoms with van der Waals surface area (Å²) >= 11 is 0. The zero-order chi connectivity index (χ0) is 15.4. The van der Waals surface area contributed by atoms with E-state index in [0.717, 1.165) is 19.4 Å². The Morgan fingerprint density at radius 1 is 0.571 bits per heavy atom. The number of nitrogens with two attached hydrogens (primary N) is 1. The fourth-order valence-electron chi connectivity index (χ4n) is 0.783. The molecule has 0 aromatic carbocycles. The molecule has 0 unspecified atom stereocenters. The molecule has 0 fully saturated rings. The molecule has 0 aliphatic heterocycles. The molecule has 17 nitrogen and oxygen atoms in total. The first-order chi connectivity index (χ1) is 10.4. The lowest BCUT2D eigenvalue weighted by molar-refractivity contribution is 0.202. The van der Waals surface area contributed by atoms with Crippen LogP contribution >= 0.6 is 0 Å². The summed E-state index contributed by atoms with van der Waals surface area (Å²) in [5.74, 6) is 4.91. The number of hydrogen-bond donors (Lipinski definition) is 17. The molecule has 0 spiro atoms. The standard InChI is InChI=1S/C4H27N17/c1-2-3-4-6-8-10-12-14-16-18-20-21-19-17-15-13-11-9-7-5/h6-21H,2-5H2,1H3. The molecule has 0 saturated carbocycles. The first-order valence-corrected chi connectivity index (χ1v) is 6.10. The van der Waals surface area contributed by atoms with Gasteiger partial charge in [-0.25, -0.2) is 5.43 Å². The zero-order valence-corrected chi connectivity index (χ0v) is 11.7. The highest BCUT2D eigenvalue weighted by atomic mass is 16.0. The maximum atomic E-state index is 4.91. The molecule has 0 aliphatic rings. The van der Waals surface area contributed by atoms with Gasteiger partial charge in [0.15, 0.2) is 0 Å². The van der Waals surface area contributed by atoms with E-state index in [4.69, 9.17) is 5.84 Å². The van der Waals surface area contributed by atoms with Crippen molar-refractivity contribution in [2.24, 2.45) is 5.84 Å². The molecule has 0 rings (SSSR count). The smallest absolute Gasteiger partial charge is 0.0113 e. The molecule has 17 heteroatoms. The number of unbranched alkanes of at least 4 members (excludes halogenated alkanes) is 1. The van der Waals surface area contributed by atoms with Crippen molar-refractivity contribution in [1.82, 2.24) is 88.4 Å². The molecule has 0 bridgehead atoms. The number of hydrazine groups is 16. The van der Waals surface area contributed by atoms with Crippen LogP contribution in [0.3, 0.4) is 0 Å². The van der Waals surface area contributed by atoms with Crippen molar-refractivity contribution in [3.05, 3.63) is 0 Å². The molecule has 0 saturated heterocycles. The van der Waals surface area contributed by atoms with Crippen LogP contribution in [0.25, 0.3) is 0 Å². The van der Waals surface area contributed by atoms with Gasteiger partial charge in [0.1, 0.15) is 0 Å². The van der Waals surface area contributed by atoms with Crippen LogP contribution in [-0.2, 0) is 0 Å². The van der Waals surface area contributed by atoms with Crippen LogP contribution < -0.4 is 94.3 Å². The molecule has 0 amide bonds. The van der Waals surface area contributed by atoms with Crippen molar-refractivity contribution in [1.29, 1.82) is 0 Å². The van der Waals surface area contributed by atoms with E-state index < -0.39 is 0 Å². The number of rotatable bonds is 18. The van der Waals surface area contributed by atoms with Gasteiger partial charge in [-0.1, -0.05) is 13.3 Å². The van der Waals surface area contributed by atoms with Gasteiger partial charge in [0, 0.05) is 6.54 Å². The van der Waals surface area contributed by atoms with Gasteiger partial charge in [-0.15, -0.1) is 0 Å². The van der Waals surface area contributed by atoms with Crippen molar-refractivity contribution >= 4 is 0 Å². The summed E-state index contributed by atoms with van der Waals surface area (Å²) < 4.78 is 0. The highest BCUT2D eigenvalue weighted by Gasteiger charge is 1.84. The second-order valence-electron chi connectivity index (χ2n) is 3.17. The Kier molecular flexibility index (Phi) is 18.7. The third kappa shape index (κ3) is 19.3. The summed E-state index contributed by atoms with van der Waals surface area (Å²) in [6, 6.07) is 0. The Labute approximate surface area is 121 Å². The van der Waals surface area contributed by atoms with E-state index in [0.29, 0.717) is 0 Å². The fourth-order valence-corrected chi connectivity index (χ4v) is 0.783. The predicted molar refractivity (Wildman–Crippen MR) is 74.1 cm³/mol. The largest absolute Gasteiger partial charge is 0.257 e. The van der Waals surface area contributed by atoms with E-state index in [1.807, 2.05) is 0 Å². The van der Waals surface area contributed by atoms with Gasteiger partial charge >= 0.3 is 0 Å². The summed E-state index contributed by atoms with van der Waals surface area (Å²) in [7, 11) is 0. The van der Waals surface area contributed by atoms with Gasteiger partial charge in [0.25, 0.3) is 0 Å². The highest BCUT2D eigenvalue weighted by molar-refractivity contribution is 4.35. The molecular formula is C4H27N17. The minimum absolute atomic E-state index is 0.873. The van der Waals surface area contributed by atoms with Crippen LogP contribution in [0, 0.1) is 0 Å². The predicted octanol–water partition coefficient (Wildman–Crippen LogP) is -7.18. The van der Waals surface area contributed by atoms with Gasteiger partial charge in [0.05, 0.1) is 0 Å². The Hall–Kier alpha value is -0.680. The fraction of sp³-hybridized carbons (Fsp3) is 1.00. The molecule has 128 valence electrons. The molecule has 18 N–H and O–H groups in total. The van der Waals surface area contributed by atoms with E-state index in [-0.39, 0.29) is 0 Å².